The van der Waals surface area contributed by atoms with E-state index in [-0.39, 0.29) is 6.23 Å². The molecule has 4 N–H and O–H groups in total. The van der Waals surface area contributed by atoms with Crippen molar-refractivity contribution >= 4 is 22.3 Å². The third-order valence-electron chi connectivity index (χ3n) is 2.53. The van der Waals surface area contributed by atoms with Crippen molar-refractivity contribution in [2.75, 3.05) is 17.7 Å². The predicted molar refractivity (Wildman–Crippen MR) is 67.4 cm³/mol. The fraction of sp³-hybridized carbons (Fsp3) is 0.333. The average molecular weight is 219 g/mol. The zero-order valence-electron chi connectivity index (χ0n) is 9.58. The van der Waals surface area contributed by atoms with Gasteiger partial charge in [0.1, 0.15) is 6.23 Å². The molecule has 0 radical (unpaired) electrons. The number of fused-ring (bicyclic) bond motifs is 1. The standard InChI is InChI=1S/C12H17N3O/c1-3-16-8(2)15-11-5-4-10(13)12-9(11)6-7-14-12/h4-8,14-15H,3,13H2,1-2H3. The van der Waals surface area contributed by atoms with Gasteiger partial charge in [0.05, 0.1) is 11.2 Å². The Bertz CT molecular complexity index is 478. The second-order valence-corrected chi connectivity index (χ2v) is 3.71. The first kappa shape index (κ1) is 10.8. The van der Waals surface area contributed by atoms with E-state index in [1.807, 2.05) is 38.2 Å². The van der Waals surface area contributed by atoms with Crippen LogP contribution in [0.3, 0.4) is 0 Å². The molecule has 2 rings (SSSR count). The van der Waals surface area contributed by atoms with Gasteiger partial charge >= 0.3 is 0 Å². The lowest BCUT2D eigenvalue weighted by Gasteiger charge is -2.16. The van der Waals surface area contributed by atoms with Crippen molar-refractivity contribution in [1.82, 2.24) is 4.98 Å². The Morgan fingerprint density at radius 2 is 2.25 bits per heavy atom. The molecule has 0 saturated heterocycles. The summed E-state index contributed by atoms with van der Waals surface area (Å²) in [5, 5.41) is 4.39. The fourth-order valence-electron chi connectivity index (χ4n) is 1.82. The highest BCUT2D eigenvalue weighted by Crippen LogP contribution is 2.27. The van der Waals surface area contributed by atoms with Crippen LogP contribution in [0.2, 0.25) is 0 Å². The Morgan fingerprint density at radius 3 is 3.00 bits per heavy atom. The topological polar surface area (TPSA) is 63.1 Å². The molecule has 0 amide bonds. The lowest BCUT2D eigenvalue weighted by Crippen LogP contribution is -2.19. The number of hydrogen-bond acceptors (Lipinski definition) is 3. The highest BCUT2D eigenvalue weighted by molar-refractivity contribution is 5.98. The van der Waals surface area contributed by atoms with Crippen molar-refractivity contribution in [3.05, 3.63) is 24.4 Å². The second kappa shape index (κ2) is 4.45. The number of benzene rings is 1. The minimum Gasteiger partial charge on any atom is -0.397 e. The summed E-state index contributed by atoms with van der Waals surface area (Å²) in [6.07, 6.45) is 1.88. The van der Waals surface area contributed by atoms with Crippen LogP contribution >= 0.6 is 0 Å². The molecular formula is C12H17N3O. The number of ether oxygens (including phenoxy) is 1. The zero-order chi connectivity index (χ0) is 11.5. The molecule has 1 unspecified atom stereocenters. The molecular weight excluding hydrogens is 202 g/mol. The van der Waals surface area contributed by atoms with E-state index in [2.05, 4.69) is 10.3 Å². The summed E-state index contributed by atoms with van der Waals surface area (Å²) in [5.74, 6) is 0. The smallest absolute Gasteiger partial charge is 0.124 e. The van der Waals surface area contributed by atoms with Gasteiger partial charge in [-0.25, -0.2) is 0 Å². The van der Waals surface area contributed by atoms with Crippen molar-refractivity contribution < 1.29 is 4.74 Å². The average Bonchev–Trinajstić information content (AvgIpc) is 2.72. The normalized spacial score (nSPS) is 12.9. The van der Waals surface area contributed by atoms with Gasteiger partial charge < -0.3 is 20.8 Å². The Kier molecular flexibility index (Phi) is 3.01. The summed E-state index contributed by atoms with van der Waals surface area (Å²) in [5.41, 5.74) is 8.63. The van der Waals surface area contributed by atoms with E-state index in [0.29, 0.717) is 6.61 Å². The third-order valence-corrected chi connectivity index (χ3v) is 2.53. The van der Waals surface area contributed by atoms with Crippen LogP contribution < -0.4 is 11.1 Å². The largest absolute Gasteiger partial charge is 0.397 e. The number of rotatable bonds is 4. The maximum absolute atomic E-state index is 5.87. The minimum atomic E-state index is -0.00766. The van der Waals surface area contributed by atoms with Crippen molar-refractivity contribution in [3.8, 4) is 0 Å². The lowest BCUT2D eigenvalue weighted by atomic mass is 10.2. The van der Waals surface area contributed by atoms with E-state index in [0.717, 1.165) is 22.3 Å². The van der Waals surface area contributed by atoms with E-state index in [4.69, 9.17) is 10.5 Å². The number of nitrogens with two attached hydrogens (primary N) is 1. The number of nitrogen functional groups attached to an aromatic ring is 1. The van der Waals surface area contributed by atoms with Gasteiger partial charge in [-0.2, -0.15) is 0 Å². The molecule has 0 aliphatic rings. The molecule has 1 aromatic heterocycles. The van der Waals surface area contributed by atoms with Crippen molar-refractivity contribution in [2.24, 2.45) is 0 Å². The molecule has 2 aromatic rings. The summed E-state index contributed by atoms with van der Waals surface area (Å²) in [6, 6.07) is 5.87. The predicted octanol–water partition coefficient (Wildman–Crippen LogP) is 2.54. The molecule has 1 atom stereocenters. The van der Waals surface area contributed by atoms with Gasteiger partial charge in [0.25, 0.3) is 0 Å². The Labute approximate surface area is 94.8 Å². The van der Waals surface area contributed by atoms with E-state index >= 15 is 0 Å². The van der Waals surface area contributed by atoms with E-state index < -0.39 is 0 Å². The van der Waals surface area contributed by atoms with Crippen LogP contribution in [0.15, 0.2) is 24.4 Å². The summed E-state index contributed by atoms with van der Waals surface area (Å²) >= 11 is 0. The summed E-state index contributed by atoms with van der Waals surface area (Å²) in [7, 11) is 0. The van der Waals surface area contributed by atoms with Crippen LogP contribution in [0.1, 0.15) is 13.8 Å². The molecule has 1 heterocycles. The zero-order valence-corrected chi connectivity index (χ0v) is 9.58. The molecule has 0 aliphatic carbocycles. The highest BCUT2D eigenvalue weighted by atomic mass is 16.5. The van der Waals surface area contributed by atoms with Crippen LogP contribution in [0.4, 0.5) is 11.4 Å². The van der Waals surface area contributed by atoms with E-state index in [1.54, 1.807) is 0 Å². The molecule has 86 valence electrons. The van der Waals surface area contributed by atoms with Gasteiger partial charge in [0, 0.05) is 23.9 Å². The van der Waals surface area contributed by atoms with Gasteiger partial charge in [0.2, 0.25) is 0 Å². The quantitative estimate of drug-likeness (QED) is 0.547. The summed E-state index contributed by atoms with van der Waals surface area (Å²) in [4.78, 5) is 3.13. The molecule has 1 aromatic carbocycles. The molecule has 0 saturated carbocycles. The Hall–Kier alpha value is -1.68. The van der Waals surface area contributed by atoms with Crippen LogP contribution in [-0.2, 0) is 4.74 Å². The molecule has 0 fully saturated rings. The molecule has 4 nitrogen and oxygen atoms in total. The molecule has 16 heavy (non-hydrogen) atoms. The van der Waals surface area contributed by atoms with E-state index in [1.165, 1.54) is 0 Å². The van der Waals surface area contributed by atoms with Gasteiger partial charge in [-0.1, -0.05) is 0 Å². The van der Waals surface area contributed by atoms with Crippen LogP contribution in [-0.4, -0.2) is 17.8 Å². The molecule has 0 bridgehead atoms. The minimum absolute atomic E-state index is 0.00766. The van der Waals surface area contributed by atoms with Gasteiger partial charge in [0.15, 0.2) is 0 Å². The number of nitrogens with one attached hydrogen (secondary N) is 2. The number of H-pyrrole nitrogens is 1. The van der Waals surface area contributed by atoms with E-state index in [9.17, 15) is 0 Å². The Morgan fingerprint density at radius 1 is 1.44 bits per heavy atom. The molecule has 0 spiro atoms. The van der Waals surface area contributed by atoms with Crippen LogP contribution in [0.5, 0.6) is 0 Å². The van der Waals surface area contributed by atoms with Crippen LogP contribution in [0, 0.1) is 0 Å². The summed E-state index contributed by atoms with van der Waals surface area (Å²) < 4.78 is 5.45. The molecule has 4 heteroatoms. The molecule has 0 aliphatic heterocycles. The van der Waals surface area contributed by atoms with Gasteiger partial charge in [-0.3, -0.25) is 0 Å². The monoisotopic (exact) mass is 219 g/mol. The first-order valence-electron chi connectivity index (χ1n) is 5.46. The Balaban J connectivity index is 2.31. The summed E-state index contributed by atoms with van der Waals surface area (Å²) in [6.45, 7) is 4.66. The number of aromatic nitrogens is 1. The first-order valence-corrected chi connectivity index (χ1v) is 5.46. The second-order valence-electron chi connectivity index (χ2n) is 3.71. The highest BCUT2D eigenvalue weighted by Gasteiger charge is 2.07. The SMILES string of the molecule is CCOC(C)Nc1ccc(N)c2[nH]ccc12. The van der Waals surface area contributed by atoms with Gasteiger partial charge in [-0.15, -0.1) is 0 Å². The van der Waals surface area contributed by atoms with Crippen molar-refractivity contribution in [1.29, 1.82) is 0 Å². The number of aromatic amines is 1. The first-order chi connectivity index (χ1) is 7.72. The van der Waals surface area contributed by atoms with Crippen molar-refractivity contribution in [3.63, 3.8) is 0 Å². The van der Waals surface area contributed by atoms with Crippen molar-refractivity contribution in [2.45, 2.75) is 20.1 Å². The van der Waals surface area contributed by atoms with Crippen LogP contribution in [0.25, 0.3) is 10.9 Å². The lowest BCUT2D eigenvalue weighted by molar-refractivity contribution is 0.0962. The fourth-order valence-corrected chi connectivity index (χ4v) is 1.82. The third kappa shape index (κ3) is 1.97. The number of anilines is 2. The number of hydrogen-bond donors (Lipinski definition) is 3. The maximum atomic E-state index is 5.87. The van der Waals surface area contributed by atoms with Gasteiger partial charge in [-0.05, 0) is 32.0 Å². The maximum Gasteiger partial charge on any atom is 0.124 e.